The fourth-order valence-corrected chi connectivity index (χ4v) is 2.80. The number of carbonyl (C=O) groups excluding carboxylic acids is 1. The summed E-state index contributed by atoms with van der Waals surface area (Å²) in [5.74, 6) is -0.543. The highest BCUT2D eigenvalue weighted by Gasteiger charge is 2.30. The summed E-state index contributed by atoms with van der Waals surface area (Å²) in [6.07, 6.45) is 2.11. The van der Waals surface area contributed by atoms with Gasteiger partial charge in [-0.15, -0.1) is 0 Å². The van der Waals surface area contributed by atoms with Crippen molar-refractivity contribution in [3.63, 3.8) is 0 Å². The Morgan fingerprint density at radius 1 is 1.24 bits per heavy atom. The lowest BCUT2D eigenvalue weighted by molar-refractivity contribution is 0.0697. The van der Waals surface area contributed by atoms with Gasteiger partial charge >= 0.3 is 12.0 Å². The molecule has 114 valence electrons. The van der Waals surface area contributed by atoms with Crippen LogP contribution in [0.2, 0.25) is 0 Å². The summed E-state index contributed by atoms with van der Waals surface area (Å²) in [6.45, 7) is 4.90. The lowest BCUT2D eigenvalue weighted by Gasteiger charge is -2.39. The number of hydrogen-bond acceptors (Lipinski definition) is 2. The van der Waals surface area contributed by atoms with Gasteiger partial charge < -0.3 is 10.0 Å². The molecule has 2 rings (SSSR count). The minimum Gasteiger partial charge on any atom is -0.478 e. The number of anilines is 1. The largest absolute Gasteiger partial charge is 0.478 e. The number of piperidine rings is 1. The monoisotopic (exact) mass is 290 g/mol. The minimum atomic E-state index is -1.02. The Morgan fingerprint density at radius 2 is 1.90 bits per heavy atom. The van der Waals surface area contributed by atoms with E-state index < -0.39 is 5.97 Å². The first-order valence-electron chi connectivity index (χ1n) is 7.28. The first kappa shape index (κ1) is 15.4. The van der Waals surface area contributed by atoms with Crippen LogP contribution in [0.1, 0.15) is 37.0 Å². The molecule has 0 radical (unpaired) electrons. The lowest BCUT2D eigenvalue weighted by atomic mass is 9.95. The zero-order valence-electron chi connectivity index (χ0n) is 12.7. The second kappa shape index (κ2) is 6.16. The molecule has 1 N–H and O–H groups in total. The van der Waals surface area contributed by atoms with E-state index in [0.717, 1.165) is 19.4 Å². The molecule has 1 fully saturated rings. The van der Waals surface area contributed by atoms with Gasteiger partial charge in [0.1, 0.15) is 0 Å². The number of nitrogens with zero attached hydrogens (tertiary/aromatic N) is 2. The van der Waals surface area contributed by atoms with Crippen molar-refractivity contribution in [3.05, 3.63) is 29.8 Å². The summed E-state index contributed by atoms with van der Waals surface area (Å²) in [7, 11) is 1.64. The number of benzene rings is 1. The van der Waals surface area contributed by atoms with Crippen LogP contribution in [0.25, 0.3) is 0 Å². The summed E-state index contributed by atoms with van der Waals surface area (Å²) in [5.41, 5.74) is 0.575. The Hall–Kier alpha value is -2.04. The highest BCUT2D eigenvalue weighted by Crippen LogP contribution is 2.25. The summed E-state index contributed by atoms with van der Waals surface area (Å²) >= 11 is 0. The fraction of sp³-hybridized carbons (Fsp3) is 0.500. The van der Waals surface area contributed by atoms with Crippen LogP contribution in [0.15, 0.2) is 24.3 Å². The first-order valence-corrected chi connectivity index (χ1v) is 7.28. The van der Waals surface area contributed by atoms with Gasteiger partial charge in [-0.3, -0.25) is 4.90 Å². The molecule has 1 aliphatic heterocycles. The number of carboxylic acid groups (broad SMARTS) is 1. The van der Waals surface area contributed by atoms with E-state index in [2.05, 4.69) is 6.92 Å². The fourth-order valence-electron chi connectivity index (χ4n) is 2.80. The molecule has 0 bridgehead atoms. The van der Waals surface area contributed by atoms with Gasteiger partial charge in [0.15, 0.2) is 0 Å². The van der Waals surface area contributed by atoms with Gasteiger partial charge in [0.05, 0.1) is 11.3 Å². The molecule has 2 amide bonds. The Morgan fingerprint density at radius 3 is 2.57 bits per heavy atom. The van der Waals surface area contributed by atoms with E-state index >= 15 is 0 Å². The minimum absolute atomic E-state index is 0.136. The molecule has 5 heteroatoms. The Bertz CT molecular complexity index is 544. The van der Waals surface area contributed by atoms with Gasteiger partial charge in [-0.1, -0.05) is 19.1 Å². The van der Waals surface area contributed by atoms with Gasteiger partial charge in [0, 0.05) is 19.6 Å². The van der Waals surface area contributed by atoms with Crippen LogP contribution in [0, 0.1) is 5.92 Å². The van der Waals surface area contributed by atoms with Gasteiger partial charge in [-0.05, 0) is 37.8 Å². The summed E-state index contributed by atoms with van der Waals surface area (Å²) < 4.78 is 0. The number of urea groups is 1. The van der Waals surface area contributed by atoms with Crippen LogP contribution >= 0.6 is 0 Å². The molecule has 1 aromatic carbocycles. The highest BCUT2D eigenvalue weighted by atomic mass is 16.4. The zero-order valence-corrected chi connectivity index (χ0v) is 12.7. The molecule has 1 aliphatic rings. The number of hydrogen-bond donors (Lipinski definition) is 1. The van der Waals surface area contributed by atoms with Crippen molar-refractivity contribution >= 4 is 17.7 Å². The van der Waals surface area contributed by atoms with Crippen molar-refractivity contribution in [2.75, 3.05) is 18.5 Å². The third-order valence-electron chi connectivity index (χ3n) is 4.15. The van der Waals surface area contributed by atoms with E-state index in [1.165, 1.54) is 11.0 Å². The second-order valence-corrected chi connectivity index (χ2v) is 5.85. The number of rotatable bonds is 2. The predicted octanol–water partition coefficient (Wildman–Crippen LogP) is 3.06. The summed E-state index contributed by atoms with van der Waals surface area (Å²) in [6, 6.07) is 6.64. The SMILES string of the molecule is CC1CCC(C)N(C(=O)N(C)c2ccccc2C(=O)O)C1. The van der Waals surface area contributed by atoms with E-state index in [-0.39, 0.29) is 17.6 Å². The van der Waals surface area contributed by atoms with Crippen LogP contribution < -0.4 is 4.90 Å². The van der Waals surface area contributed by atoms with Crippen molar-refractivity contribution in [3.8, 4) is 0 Å². The van der Waals surface area contributed by atoms with Crippen molar-refractivity contribution < 1.29 is 14.7 Å². The van der Waals surface area contributed by atoms with Gasteiger partial charge in [-0.25, -0.2) is 9.59 Å². The van der Waals surface area contributed by atoms with E-state index in [0.29, 0.717) is 11.6 Å². The summed E-state index contributed by atoms with van der Waals surface area (Å²) in [4.78, 5) is 27.3. The molecule has 2 atom stereocenters. The predicted molar refractivity (Wildman–Crippen MR) is 81.8 cm³/mol. The number of carboxylic acids is 1. The van der Waals surface area contributed by atoms with Crippen LogP contribution in [0.5, 0.6) is 0 Å². The highest BCUT2D eigenvalue weighted by molar-refractivity contribution is 6.01. The van der Waals surface area contributed by atoms with E-state index in [9.17, 15) is 14.7 Å². The Labute approximate surface area is 125 Å². The van der Waals surface area contributed by atoms with E-state index in [4.69, 9.17) is 0 Å². The Kier molecular flexibility index (Phi) is 4.50. The third kappa shape index (κ3) is 3.17. The molecular weight excluding hydrogens is 268 g/mol. The molecule has 1 saturated heterocycles. The van der Waals surface area contributed by atoms with Crippen LogP contribution in [-0.4, -0.2) is 41.6 Å². The molecule has 0 aliphatic carbocycles. The lowest BCUT2D eigenvalue weighted by Crippen LogP contribution is -2.50. The van der Waals surface area contributed by atoms with Crippen molar-refractivity contribution in [1.29, 1.82) is 0 Å². The van der Waals surface area contributed by atoms with Crippen molar-refractivity contribution in [2.24, 2.45) is 5.92 Å². The van der Waals surface area contributed by atoms with Crippen LogP contribution in [0.4, 0.5) is 10.5 Å². The van der Waals surface area contributed by atoms with E-state index in [1.807, 2.05) is 11.8 Å². The van der Waals surface area contributed by atoms with Crippen LogP contribution in [0.3, 0.4) is 0 Å². The first-order chi connectivity index (χ1) is 9.91. The molecule has 0 aromatic heterocycles. The van der Waals surface area contributed by atoms with Gasteiger partial charge in [-0.2, -0.15) is 0 Å². The molecular formula is C16H22N2O3. The van der Waals surface area contributed by atoms with E-state index in [1.54, 1.807) is 25.2 Å². The van der Waals surface area contributed by atoms with Gasteiger partial charge in [0.25, 0.3) is 0 Å². The molecule has 1 heterocycles. The Balaban J connectivity index is 2.25. The maximum absolute atomic E-state index is 12.7. The normalized spacial score (nSPS) is 22.0. The molecule has 5 nitrogen and oxygen atoms in total. The molecule has 0 spiro atoms. The zero-order chi connectivity index (χ0) is 15.6. The standard InChI is InChI=1S/C16H22N2O3/c1-11-8-9-12(2)18(10-11)16(21)17(3)14-7-5-4-6-13(14)15(19)20/h4-7,11-12H,8-10H2,1-3H3,(H,19,20). The van der Waals surface area contributed by atoms with Crippen molar-refractivity contribution in [1.82, 2.24) is 4.90 Å². The average Bonchev–Trinajstić information content (AvgIpc) is 2.48. The third-order valence-corrected chi connectivity index (χ3v) is 4.15. The topological polar surface area (TPSA) is 60.9 Å². The maximum atomic E-state index is 12.7. The smallest absolute Gasteiger partial charge is 0.337 e. The van der Waals surface area contributed by atoms with Crippen LogP contribution in [-0.2, 0) is 0 Å². The number of carbonyl (C=O) groups is 2. The van der Waals surface area contributed by atoms with Crippen molar-refractivity contribution in [2.45, 2.75) is 32.7 Å². The number of aromatic carboxylic acids is 1. The molecule has 2 unspecified atom stereocenters. The quantitative estimate of drug-likeness (QED) is 0.910. The number of para-hydroxylation sites is 1. The molecule has 1 aromatic rings. The maximum Gasteiger partial charge on any atom is 0.337 e. The number of likely N-dealkylation sites (tertiary alicyclic amines) is 1. The summed E-state index contributed by atoms with van der Waals surface area (Å²) in [5, 5.41) is 9.25. The number of amides is 2. The van der Waals surface area contributed by atoms with Gasteiger partial charge in [0.2, 0.25) is 0 Å². The second-order valence-electron chi connectivity index (χ2n) is 5.85. The average molecular weight is 290 g/mol. The molecule has 21 heavy (non-hydrogen) atoms. The molecule has 0 saturated carbocycles.